The average molecular weight is 729 g/mol. The number of carbonyl (C=O) groups excluding carboxylic acids is 2. The number of carbonyl (C=O) groups is 2. The maximum atomic E-state index is 14.2. The largest absolute Gasteiger partial charge is 0.490 e. The molecule has 13 heteroatoms. The molecule has 3 N–H and O–H groups in total. The summed E-state index contributed by atoms with van der Waals surface area (Å²) in [6, 6.07) is 21.0. The van der Waals surface area contributed by atoms with Gasteiger partial charge >= 0.3 is 5.69 Å². The van der Waals surface area contributed by atoms with Crippen LogP contribution in [0.3, 0.4) is 0 Å². The topological polar surface area (TPSA) is 137 Å². The van der Waals surface area contributed by atoms with Crippen LogP contribution in [0.5, 0.6) is 5.75 Å². The van der Waals surface area contributed by atoms with Gasteiger partial charge in [0.25, 0.3) is 11.8 Å². The summed E-state index contributed by atoms with van der Waals surface area (Å²) in [5.74, 6) is 0.305. The normalized spacial score (nSPS) is 15.6. The van der Waals surface area contributed by atoms with E-state index in [0.29, 0.717) is 43.7 Å². The van der Waals surface area contributed by atoms with Crippen LogP contribution in [-0.4, -0.2) is 48.0 Å². The van der Waals surface area contributed by atoms with E-state index in [1.165, 1.54) is 10.9 Å². The van der Waals surface area contributed by atoms with Gasteiger partial charge < -0.3 is 20.7 Å². The van der Waals surface area contributed by atoms with E-state index < -0.39 is 5.91 Å². The van der Waals surface area contributed by atoms with Gasteiger partial charge in [0, 0.05) is 40.8 Å². The van der Waals surface area contributed by atoms with Crippen molar-refractivity contribution in [3.8, 4) is 22.7 Å². The molecule has 48 heavy (non-hydrogen) atoms. The number of imidazole rings is 1. The Kier molecular flexibility index (Phi) is 8.52. The van der Waals surface area contributed by atoms with Crippen LogP contribution in [0.15, 0.2) is 88.4 Å². The molecule has 7 rings (SSSR count). The smallest absolute Gasteiger partial charge is 0.333 e. The Morgan fingerprint density at radius 1 is 1.06 bits per heavy atom. The Labute approximate surface area is 289 Å². The highest BCUT2D eigenvalue weighted by Crippen LogP contribution is 2.30. The lowest BCUT2D eigenvalue weighted by atomic mass is 10.0. The molecule has 1 fully saturated rings. The van der Waals surface area contributed by atoms with Gasteiger partial charge in [-0.05, 0) is 83.7 Å². The molecule has 0 radical (unpaired) electrons. The zero-order chi connectivity index (χ0) is 33.5. The summed E-state index contributed by atoms with van der Waals surface area (Å²) in [4.78, 5) is 52.1. The summed E-state index contributed by atoms with van der Waals surface area (Å²) in [7, 11) is 0. The number of nitrogen functional groups attached to an aromatic ring is 1. The summed E-state index contributed by atoms with van der Waals surface area (Å²) >= 11 is 9.69. The van der Waals surface area contributed by atoms with Crippen molar-refractivity contribution in [1.29, 1.82) is 0 Å². The number of nitrogens with zero attached hydrogens (tertiary/aromatic N) is 5. The third kappa shape index (κ3) is 6.20. The molecule has 244 valence electrons. The van der Waals surface area contributed by atoms with Crippen molar-refractivity contribution < 1.29 is 14.3 Å². The predicted molar refractivity (Wildman–Crippen MR) is 185 cm³/mol. The Morgan fingerprint density at radius 3 is 2.56 bits per heavy atom. The van der Waals surface area contributed by atoms with Crippen LogP contribution in [0.2, 0.25) is 5.02 Å². The Bertz CT molecular complexity index is 2110. The number of halogens is 2. The summed E-state index contributed by atoms with van der Waals surface area (Å²) in [5.41, 5.74) is 9.25. The summed E-state index contributed by atoms with van der Waals surface area (Å²) in [5, 5.41) is 3.43. The molecule has 1 aliphatic heterocycles. The summed E-state index contributed by atoms with van der Waals surface area (Å²) < 4.78 is 9.60. The van der Waals surface area contributed by atoms with Gasteiger partial charge in [-0.3, -0.25) is 18.7 Å². The maximum Gasteiger partial charge on any atom is 0.333 e. The van der Waals surface area contributed by atoms with Gasteiger partial charge in [0.15, 0.2) is 0 Å². The van der Waals surface area contributed by atoms with Gasteiger partial charge in [-0.15, -0.1) is 0 Å². The molecule has 1 aliphatic carbocycles. The molecule has 11 nitrogen and oxygen atoms in total. The lowest BCUT2D eigenvalue weighted by molar-refractivity contribution is 0.0610. The number of rotatable bonds is 8. The second-order valence-corrected chi connectivity index (χ2v) is 13.2. The quantitative estimate of drug-likeness (QED) is 0.212. The molecule has 0 spiro atoms. The number of hydrogen-bond acceptors (Lipinski definition) is 7. The van der Waals surface area contributed by atoms with Crippen LogP contribution in [-0.2, 0) is 19.6 Å². The second kappa shape index (κ2) is 12.9. The van der Waals surface area contributed by atoms with Crippen LogP contribution < -0.4 is 21.5 Å². The molecule has 0 bridgehead atoms. The highest BCUT2D eigenvalue weighted by atomic mass is 79.9. The van der Waals surface area contributed by atoms with E-state index in [4.69, 9.17) is 22.1 Å². The Hall–Kier alpha value is -4.94. The number of nitrogens with two attached hydrogens (primary N) is 1. The fraction of sp³-hybridized carbons (Fsp3) is 0.229. The Balaban J connectivity index is 1.26. The molecule has 2 aliphatic rings. The minimum atomic E-state index is -0.468. The van der Waals surface area contributed by atoms with Crippen LogP contribution in [0.25, 0.3) is 16.9 Å². The van der Waals surface area contributed by atoms with Crippen molar-refractivity contribution in [2.75, 3.05) is 5.73 Å². The van der Waals surface area contributed by atoms with E-state index in [0.717, 1.165) is 24.0 Å². The van der Waals surface area contributed by atoms with E-state index in [1.54, 1.807) is 58.0 Å². The van der Waals surface area contributed by atoms with Gasteiger partial charge in [0.05, 0.1) is 34.7 Å². The zero-order valence-corrected chi connectivity index (χ0v) is 28.2. The number of fused-ring (bicyclic) bond motifs is 1. The second-order valence-electron chi connectivity index (χ2n) is 11.9. The molecular weight excluding hydrogens is 698 g/mol. The third-order valence-electron chi connectivity index (χ3n) is 8.53. The van der Waals surface area contributed by atoms with Gasteiger partial charge in [0.1, 0.15) is 23.6 Å². The average Bonchev–Trinajstić information content (AvgIpc) is 3.86. The molecule has 3 aromatic carbocycles. The van der Waals surface area contributed by atoms with Crippen molar-refractivity contribution in [1.82, 2.24) is 29.3 Å². The number of benzene rings is 3. The minimum absolute atomic E-state index is 0.0400. The number of aromatic nitrogens is 4. The lowest BCUT2D eigenvalue weighted by Gasteiger charge is -2.34. The first kappa shape index (κ1) is 31.6. The molecule has 0 saturated heterocycles. The molecule has 1 atom stereocenters. The molecule has 1 saturated carbocycles. The van der Waals surface area contributed by atoms with Crippen molar-refractivity contribution in [2.24, 2.45) is 0 Å². The van der Waals surface area contributed by atoms with Crippen molar-refractivity contribution in [3.63, 3.8) is 0 Å². The lowest BCUT2D eigenvalue weighted by Crippen LogP contribution is -2.47. The van der Waals surface area contributed by atoms with Crippen LogP contribution in [0.1, 0.15) is 51.9 Å². The van der Waals surface area contributed by atoms with Crippen LogP contribution in [0.4, 0.5) is 5.82 Å². The number of nitrogens with one attached hydrogen (secondary N) is 1. The Morgan fingerprint density at radius 2 is 1.83 bits per heavy atom. The van der Waals surface area contributed by atoms with Gasteiger partial charge in [-0.2, -0.15) is 0 Å². The SMILES string of the molecule is CC1Cn2c(c(C(=O)NCc3ccccc3-c3cc(N)ncn3)n(-c3ccc(OC4CC4)cc3)c2=O)CN1C(=O)c1ccc(Br)c(Cl)c1. The third-order valence-corrected chi connectivity index (χ3v) is 9.76. The number of anilines is 1. The van der Waals surface area contributed by atoms with Crippen molar-refractivity contribution >= 4 is 45.2 Å². The van der Waals surface area contributed by atoms with Crippen LogP contribution >= 0.6 is 27.5 Å². The summed E-state index contributed by atoms with van der Waals surface area (Å²) in [6.07, 6.45) is 3.65. The first-order chi connectivity index (χ1) is 23.2. The predicted octanol–water partition coefficient (Wildman–Crippen LogP) is 5.61. The van der Waals surface area contributed by atoms with Gasteiger partial charge in [-0.1, -0.05) is 35.9 Å². The first-order valence-corrected chi connectivity index (χ1v) is 16.7. The van der Waals surface area contributed by atoms with E-state index in [-0.39, 0.29) is 49.1 Å². The van der Waals surface area contributed by atoms with E-state index in [9.17, 15) is 14.4 Å². The van der Waals surface area contributed by atoms with Gasteiger partial charge in [0.2, 0.25) is 0 Å². The van der Waals surface area contributed by atoms with E-state index in [2.05, 4.69) is 31.2 Å². The molecule has 5 aromatic rings. The molecule has 1 unspecified atom stereocenters. The fourth-order valence-electron chi connectivity index (χ4n) is 5.91. The molecule has 3 heterocycles. The van der Waals surface area contributed by atoms with Crippen molar-refractivity contribution in [3.05, 3.63) is 122 Å². The first-order valence-electron chi connectivity index (χ1n) is 15.5. The highest BCUT2D eigenvalue weighted by Gasteiger charge is 2.35. The van der Waals surface area contributed by atoms with Crippen molar-refractivity contribution in [2.45, 2.75) is 51.5 Å². The number of ether oxygens (including phenoxy) is 1. The molecule has 2 aromatic heterocycles. The van der Waals surface area contributed by atoms with Crippen LogP contribution in [0, 0.1) is 0 Å². The zero-order valence-electron chi connectivity index (χ0n) is 25.9. The fourth-order valence-corrected chi connectivity index (χ4v) is 6.34. The van der Waals surface area contributed by atoms with E-state index in [1.807, 2.05) is 31.2 Å². The maximum absolute atomic E-state index is 14.2. The minimum Gasteiger partial charge on any atom is -0.490 e. The monoisotopic (exact) mass is 727 g/mol. The standard InChI is InChI=1S/C35H31BrClN7O4/c1-20-17-43-30(18-42(20)34(46)21-6-13-27(36)28(37)14-21)32(44(35(43)47)23-7-9-24(10-8-23)48-25-11-12-25)33(45)39-16-22-4-2-3-5-26(22)29-15-31(38)41-19-40-29/h2-10,13-15,19-20,25H,11-12,16-18H2,1H3,(H,39,45)(H2,38,40,41). The number of hydrogen-bond donors (Lipinski definition) is 2. The number of amides is 2. The highest BCUT2D eigenvalue weighted by molar-refractivity contribution is 9.10. The molecule has 2 amide bonds. The van der Waals surface area contributed by atoms with Gasteiger partial charge in [-0.25, -0.2) is 14.8 Å². The molecular formula is C35H31BrClN7O4. The summed E-state index contributed by atoms with van der Waals surface area (Å²) in [6.45, 7) is 2.27. The van der Waals surface area contributed by atoms with E-state index >= 15 is 0 Å².